The minimum atomic E-state index is -4.93. The van der Waals surface area contributed by atoms with Gasteiger partial charge in [-0.2, -0.15) is 26.3 Å². The molecule has 0 fully saturated rings. The van der Waals surface area contributed by atoms with Crippen LogP contribution in [0.5, 0.6) is 0 Å². The number of carbonyl (C=O) groups is 1. The Hall–Kier alpha value is -3.41. The van der Waals surface area contributed by atoms with Crippen LogP contribution in [0, 0.1) is 6.92 Å². The fourth-order valence-electron chi connectivity index (χ4n) is 4.68. The Bertz CT molecular complexity index is 1370. The van der Waals surface area contributed by atoms with Crippen LogP contribution < -0.4 is 5.32 Å². The number of aliphatic hydroxyl groups is 1. The number of aromatic carboxylic acids is 1. The third-order valence-corrected chi connectivity index (χ3v) is 6.81. The zero-order chi connectivity index (χ0) is 31.5. The number of rotatable bonds is 11. The summed E-state index contributed by atoms with van der Waals surface area (Å²) < 4.78 is 85.3. The molecule has 3 aromatic carbocycles. The van der Waals surface area contributed by atoms with Crippen LogP contribution in [0.2, 0.25) is 0 Å². The first kappa shape index (κ1) is 33.1. The first-order valence-corrected chi connectivity index (χ1v) is 13.1. The van der Waals surface area contributed by atoms with Gasteiger partial charge >= 0.3 is 18.3 Å². The predicted octanol–water partition coefficient (Wildman–Crippen LogP) is 7.45. The molecule has 0 aromatic heterocycles. The molecule has 2 atom stereocenters. The number of benzene rings is 3. The summed E-state index contributed by atoms with van der Waals surface area (Å²) in [5.41, 5.74) is -0.596. The molecule has 228 valence electrons. The van der Waals surface area contributed by atoms with Crippen LogP contribution in [0.25, 0.3) is 11.1 Å². The number of aliphatic hydroxyl groups excluding tert-OH is 1. The molecular formula is C31H33F6NO4. The lowest BCUT2D eigenvalue weighted by atomic mass is 9.92. The molecule has 5 nitrogen and oxygen atoms in total. The van der Waals surface area contributed by atoms with E-state index in [9.17, 15) is 41.4 Å². The maximum Gasteiger partial charge on any atom is 0.416 e. The van der Waals surface area contributed by atoms with E-state index in [0.717, 1.165) is 16.7 Å². The zero-order valence-corrected chi connectivity index (χ0v) is 23.5. The number of β-amino-alcohol motifs (C(OH)–C–C–N with tert-alkyl or cyclic N) is 1. The average Bonchev–Trinajstić information content (AvgIpc) is 2.89. The van der Waals surface area contributed by atoms with Crippen molar-refractivity contribution in [3.05, 3.63) is 94.0 Å². The van der Waals surface area contributed by atoms with Crippen LogP contribution in [0.3, 0.4) is 0 Å². The van der Waals surface area contributed by atoms with Crippen molar-refractivity contribution in [2.24, 2.45) is 0 Å². The summed E-state index contributed by atoms with van der Waals surface area (Å²) in [6.45, 7) is 6.62. The van der Waals surface area contributed by atoms with Gasteiger partial charge in [0.2, 0.25) is 0 Å². The van der Waals surface area contributed by atoms with Crippen LogP contribution in [0.15, 0.2) is 60.7 Å². The van der Waals surface area contributed by atoms with Crippen molar-refractivity contribution in [2.45, 2.75) is 64.2 Å². The Kier molecular flexibility index (Phi) is 10.1. The zero-order valence-electron chi connectivity index (χ0n) is 23.5. The van der Waals surface area contributed by atoms with Gasteiger partial charge in [0.15, 0.2) is 0 Å². The maximum atomic E-state index is 13.2. The normalized spacial score (nSPS) is 14.1. The molecule has 0 aliphatic carbocycles. The van der Waals surface area contributed by atoms with Crippen molar-refractivity contribution >= 4 is 5.97 Å². The number of carboxylic acid groups (broad SMARTS) is 1. The Labute approximate surface area is 240 Å². The van der Waals surface area contributed by atoms with Crippen LogP contribution in [-0.4, -0.2) is 41.0 Å². The molecule has 0 aliphatic rings. The van der Waals surface area contributed by atoms with Crippen molar-refractivity contribution in [1.29, 1.82) is 0 Å². The fraction of sp³-hybridized carbons (Fsp3) is 0.387. The summed E-state index contributed by atoms with van der Waals surface area (Å²) in [6, 6.07) is 13.9. The second kappa shape index (κ2) is 12.8. The largest absolute Gasteiger partial charge is 0.478 e. The van der Waals surface area contributed by atoms with Gasteiger partial charge in [-0.05, 0) is 86.2 Å². The quantitative estimate of drug-likeness (QED) is 0.200. The number of hydrogen-bond donors (Lipinski definition) is 3. The predicted molar refractivity (Wildman–Crippen MR) is 146 cm³/mol. The van der Waals surface area contributed by atoms with Gasteiger partial charge in [-0.15, -0.1) is 0 Å². The van der Waals surface area contributed by atoms with Gasteiger partial charge in [-0.1, -0.05) is 36.4 Å². The lowest BCUT2D eigenvalue weighted by Crippen LogP contribution is -2.46. The monoisotopic (exact) mass is 597 g/mol. The summed E-state index contributed by atoms with van der Waals surface area (Å²) in [7, 11) is 0. The number of alkyl halides is 6. The fourth-order valence-corrected chi connectivity index (χ4v) is 4.68. The van der Waals surface area contributed by atoms with Crippen LogP contribution in [0.4, 0.5) is 26.3 Å². The SMILES string of the molecule is Cc1cc(-c2ccccc2[C@@H](C)OC[C@H](O)CNC(C)(C)Cc2cc(C(F)(F)F)cc(C(F)(F)F)c2)ccc1C(=O)O. The number of aryl methyl sites for hydroxylation is 1. The van der Waals surface area contributed by atoms with Crippen LogP contribution in [-0.2, 0) is 23.5 Å². The summed E-state index contributed by atoms with van der Waals surface area (Å²) >= 11 is 0. The molecule has 3 aromatic rings. The molecule has 0 aliphatic heterocycles. The minimum absolute atomic E-state index is 0.0255. The third-order valence-electron chi connectivity index (χ3n) is 6.81. The number of hydrogen-bond acceptors (Lipinski definition) is 4. The lowest BCUT2D eigenvalue weighted by molar-refractivity contribution is -0.143. The number of nitrogens with one attached hydrogen (secondary N) is 1. The molecule has 3 rings (SSSR count). The third kappa shape index (κ3) is 8.80. The van der Waals surface area contributed by atoms with E-state index < -0.39 is 47.2 Å². The molecule has 0 bridgehead atoms. The molecule has 0 radical (unpaired) electrons. The highest BCUT2D eigenvalue weighted by Gasteiger charge is 2.37. The second-order valence-corrected chi connectivity index (χ2v) is 10.9. The van der Waals surface area contributed by atoms with E-state index in [4.69, 9.17) is 4.74 Å². The van der Waals surface area contributed by atoms with Crippen molar-refractivity contribution in [2.75, 3.05) is 13.2 Å². The number of halogens is 6. The summed E-state index contributed by atoms with van der Waals surface area (Å²) in [4.78, 5) is 11.4. The van der Waals surface area contributed by atoms with E-state index in [2.05, 4.69) is 5.32 Å². The van der Waals surface area contributed by atoms with E-state index in [1.165, 1.54) is 6.07 Å². The molecule has 0 heterocycles. The summed E-state index contributed by atoms with van der Waals surface area (Å²) in [5.74, 6) is -1.02. The van der Waals surface area contributed by atoms with E-state index in [1.54, 1.807) is 39.8 Å². The molecule has 0 amide bonds. The molecule has 0 saturated heterocycles. The standard InChI is InChI=1S/C31H33F6NO4/c1-18-11-21(9-10-25(18)28(40)41)27-8-6-5-7-26(27)19(2)42-17-24(39)16-38-29(3,4)15-20-12-22(30(32,33)34)14-23(13-20)31(35,36)37/h5-14,19,24,38-39H,15-17H2,1-4H3,(H,40,41)/t19-,24-/m1/s1. The number of carboxylic acids is 1. The second-order valence-electron chi connectivity index (χ2n) is 10.9. The summed E-state index contributed by atoms with van der Waals surface area (Å²) in [6.07, 6.45) is -11.5. The van der Waals surface area contributed by atoms with Gasteiger partial charge in [0.05, 0.1) is 35.5 Å². The van der Waals surface area contributed by atoms with Gasteiger partial charge in [0, 0.05) is 12.1 Å². The highest BCUT2D eigenvalue weighted by atomic mass is 19.4. The Balaban J connectivity index is 1.64. The van der Waals surface area contributed by atoms with Crippen molar-refractivity contribution < 1.29 is 46.1 Å². The molecule has 3 N–H and O–H groups in total. The van der Waals surface area contributed by atoms with Crippen molar-refractivity contribution in [1.82, 2.24) is 5.32 Å². The average molecular weight is 598 g/mol. The van der Waals surface area contributed by atoms with Gasteiger partial charge in [0.25, 0.3) is 0 Å². The molecule has 0 saturated carbocycles. The summed E-state index contributed by atoms with van der Waals surface area (Å²) in [5, 5.41) is 22.9. The van der Waals surface area contributed by atoms with Crippen LogP contribution >= 0.6 is 0 Å². The Morgan fingerprint density at radius 1 is 0.929 bits per heavy atom. The highest BCUT2D eigenvalue weighted by molar-refractivity contribution is 5.90. The molecule has 11 heteroatoms. The van der Waals surface area contributed by atoms with E-state index in [-0.39, 0.29) is 36.8 Å². The van der Waals surface area contributed by atoms with E-state index in [1.807, 2.05) is 24.3 Å². The Morgan fingerprint density at radius 2 is 1.52 bits per heavy atom. The minimum Gasteiger partial charge on any atom is -0.478 e. The van der Waals surface area contributed by atoms with Gasteiger partial charge < -0.3 is 20.3 Å². The molecule has 42 heavy (non-hydrogen) atoms. The molecule has 0 spiro atoms. The van der Waals surface area contributed by atoms with Crippen molar-refractivity contribution in [3.63, 3.8) is 0 Å². The lowest BCUT2D eigenvalue weighted by Gasteiger charge is -2.29. The smallest absolute Gasteiger partial charge is 0.416 e. The van der Waals surface area contributed by atoms with Crippen LogP contribution in [0.1, 0.15) is 65.1 Å². The van der Waals surface area contributed by atoms with E-state index >= 15 is 0 Å². The first-order valence-electron chi connectivity index (χ1n) is 13.1. The van der Waals surface area contributed by atoms with Gasteiger partial charge in [0.1, 0.15) is 0 Å². The van der Waals surface area contributed by atoms with Gasteiger partial charge in [-0.25, -0.2) is 4.79 Å². The topological polar surface area (TPSA) is 78.8 Å². The molecular weight excluding hydrogens is 564 g/mol. The Morgan fingerprint density at radius 3 is 2.07 bits per heavy atom. The van der Waals surface area contributed by atoms with Crippen molar-refractivity contribution in [3.8, 4) is 11.1 Å². The molecule has 0 unspecified atom stereocenters. The van der Waals surface area contributed by atoms with Gasteiger partial charge in [-0.3, -0.25) is 0 Å². The first-order chi connectivity index (χ1) is 19.4. The number of ether oxygens (including phenoxy) is 1. The maximum absolute atomic E-state index is 13.2. The highest BCUT2D eigenvalue weighted by Crippen LogP contribution is 2.37. The van der Waals surface area contributed by atoms with E-state index in [0.29, 0.717) is 17.7 Å².